The van der Waals surface area contributed by atoms with Gasteiger partial charge >= 0.3 is 17.1 Å². The number of carbonyl (C=O) groups is 4. The highest BCUT2D eigenvalue weighted by atomic mass is 127. The number of nitrogens with one attached hydrogen (secondary N) is 1. The van der Waals surface area contributed by atoms with Gasteiger partial charge in [0.05, 0.1) is 28.5 Å². The average molecular weight is 517 g/mol. The summed E-state index contributed by atoms with van der Waals surface area (Å²) in [7, 11) is -1.36. The van der Waals surface area contributed by atoms with Gasteiger partial charge in [0.25, 0.3) is 0 Å². The Hall–Kier alpha value is -2.15. The average Bonchev–Trinajstić information content (AvgIpc) is 2.60. The van der Waals surface area contributed by atoms with Gasteiger partial charge in [-0.3, -0.25) is 4.79 Å². The summed E-state index contributed by atoms with van der Waals surface area (Å²) in [5.74, 6) is -1.61. The van der Waals surface area contributed by atoms with E-state index in [9.17, 15) is 24.2 Å². The zero-order valence-corrected chi connectivity index (χ0v) is 18.1. The minimum atomic E-state index is -1.36. The van der Waals surface area contributed by atoms with Crippen molar-refractivity contribution in [2.24, 2.45) is 0 Å². The fourth-order valence-electron chi connectivity index (χ4n) is 2.85. The molecule has 0 fully saturated rings. The predicted molar refractivity (Wildman–Crippen MR) is 111 cm³/mol. The second kappa shape index (κ2) is 10.6. The molecule has 0 spiro atoms. The van der Waals surface area contributed by atoms with Crippen molar-refractivity contribution in [2.75, 3.05) is 0 Å². The molecule has 0 radical (unpaired) electrons. The first-order valence-electron chi connectivity index (χ1n) is 9.00. The summed E-state index contributed by atoms with van der Waals surface area (Å²) >= 11 is 1.42. The topological polar surface area (TPSA) is 128 Å². The lowest BCUT2D eigenvalue weighted by molar-refractivity contribution is -0.121. The van der Waals surface area contributed by atoms with E-state index in [2.05, 4.69) is 5.32 Å². The molecule has 1 aromatic carbocycles. The highest BCUT2D eigenvalue weighted by molar-refractivity contribution is 14.1. The molecule has 1 unspecified atom stereocenters. The van der Waals surface area contributed by atoms with Crippen LogP contribution in [-0.2, 0) is 25.5 Å². The first-order valence-corrected chi connectivity index (χ1v) is 10.1. The zero-order valence-electron chi connectivity index (χ0n) is 16.0. The molecule has 2 N–H and O–H groups in total. The van der Waals surface area contributed by atoms with E-state index in [0.29, 0.717) is 18.4 Å². The smallest absolute Gasteiger partial charge is 0.534 e. The van der Waals surface area contributed by atoms with Crippen LogP contribution in [0.5, 0.6) is 5.75 Å². The first-order chi connectivity index (χ1) is 13.7. The summed E-state index contributed by atoms with van der Waals surface area (Å²) < 4.78 is 14.7. The normalized spacial score (nSPS) is 16.1. The lowest BCUT2D eigenvalue weighted by atomic mass is 9.72. The van der Waals surface area contributed by atoms with Gasteiger partial charge in [-0.15, -0.1) is 0 Å². The van der Waals surface area contributed by atoms with Gasteiger partial charge in [0.2, 0.25) is 12.2 Å². The van der Waals surface area contributed by atoms with Gasteiger partial charge < -0.3 is 29.3 Å². The van der Waals surface area contributed by atoms with Crippen LogP contribution in [-0.4, -0.2) is 46.0 Å². The summed E-state index contributed by atoms with van der Waals surface area (Å²) in [5, 5.41) is 13.0. The van der Waals surface area contributed by atoms with E-state index in [-0.39, 0.29) is 35.8 Å². The third-order valence-electron chi connectivity index (χ3n) is 4.15. The van der Waals surface area contributed by atoms with Gasteiger partial charge in [0.15, 0.2) is 0 Å². The van der Waals surface area contributed by atoms with Crippen molar-refractivity contribution in [1.82, 2.24) is 5.32 Å². The van der Waals surface area contributed by atoms with Crippen LogP contribution in [0.4, 0.5) is 4.79 Å². The maximum atomic E-state index is 12.4. The van der Waals surface area contributed by atoms with Crippen LogP contribution < -0.4 is 9.97 Å². The molecule has 9 nitrogen and oxygen atoms in total. The molecule has 1 heterocycles. The quantitative estimate of drug-likeness (QED) is 0.176. The number of rotatable bonds is 8. The van der Waals surface area contributed by atoms with Gasteiger partial charge in [0, 0.05) is 19.8 Å². The molecular weight excluding hydrogens is 496 g/mol. The maximum Gasteiger partial charge on any atom is 0.547 e. The van der Waals surface area contributed by atoms with Crippen LogP contribution in [0.25, 0.3) is 0 Å². The van der Waals surface area contributed by atoms with Gasteiger partial charge in [-0.2, -0.15) is 0 Å². The molecule has 0 bridgehead atoms. The van der Waals surface area contributed by atoms with Crippen molar-refractivity contribution >= 4 is 51.3 Å². The summed E-state index contributed by atoms with van der Waals surface area (Å²) in [6.07, 6.45) is 0.0658. The van der Waals surface area contributed by atoms with E-state index in [1.807, 2.05) is 0 Å². The molecule has 11 heteroatoms. The Morgan fingerprint density at radius 1 is 1.31 bits per heavy atom. The fourth-order valence-corrected chi connectivity index (χ4v) is 3.21. The lowest BCUT2D eigenvalue weighted by Gasteiger charge is -2.29. The minimum Gasteiger partial charge on any atom is -0.534 e. The predicted octanol–water partition coefficient (Wildman–Crippen LogP) is 1.96. The fraction of sp³-hybridized carbons (Fsp3) is 0.444. The van der Waals surface area contributed by atoms with Crippen molar-refractivity contribution in [2.45, 2.75) is 51.8 Å². The molecule has 156 valence electrons. The van der Waals surface area contributed by atoms with Crippen LogP contribution >= 0.6 is 22.6 Å². The van der Waals surface area contributed by atoms with E-state index >= 15 is 0 Å². The number of hydrogen-bond acceptors (Lipinski definition) is 8. The molecule has 1 aliphatic heterocycles. The second-order valence-electron chi connectivity index (χ2n) is 6.56. The van der Waals surface area contributed by atoms with Crippen LogP contribution in [0.2, 0.25) is 0 Å². The lowest BCUT2D eigenvalue weighted by Crippen LogP contribution is -2.53. The number of halogens is 1. The molecule has 0 saturated carbocycles. The molecule has 1 aliphatic rings. The number of hydrogen-bond donors (Lipinski definition) is 2. The Balaban J connectivity index is 2.04. The van der Waals surface area contributed by atoms with Crippen molar-refractivity contribution < 1.29 is 38.3 Å². The Labute approximate surface area is 181 Å². The van der Waals surface area contributed by atoms with Gasteiger partial charge in [-0.05, 0) is 31.4 Å². The number of ketones is 1. The summed E-state index contributed by atoms with van der Waals surface area (Å²) in [5.41, 5.74) is 0.682. The number of Topliss-reactive ketones (excluding diaryl/α,β-unsaturated/α-hetero) is 1. The molecule has 1 aromatic rings. The van der Waals surface area contributed by atoms with Gasteiger partial charge in [-0.25, -0.2) is 9.59 Å². The van der Waals surface area contributed by atoms with E-state index in [0.717, 1.165) is 0 Å². The van der Waals surface area contributed by atoms with E-state index < -0.39 is 29.3 Å². The van der Waals surface area contributed by atoms with Crippen LogP contribution in [0.3, 0.4) is 0 Å². The Bertz CT molecular complexity index is 802. The van der Waals surface area contributed by atoms with Crippen LogP contribution in [0.1, 0.15) is 49.0 Å². The third-order valence-corrected chi connectivity index (χ3v) is 4.40. The number of fused-ring (bicyclic) bond motifs is 1. The molecule has 2 atom stereocenters. The van der Waals surface area contributed by atoms with Gasteiger partial charge in [-0.1, -0.05) is 12.1 Å². The Morgan fingerprint density at radius 2 is 2.03 bits per heavy atom. The highest BCUT2D eigenvalue weighted by Gasteiger charge is 2.38. The third kappa shape index (κ3) is 7.00. The molecule has 29 heavy (non-hydrogen) atoms. The molecule has 0 aliphatic carbocycles. The maximum absolute atomic E-state index is 12.4. The van der Waals surface area contributed by atoms with E-state index in [1.165, 1.54) is 42.5 Å². The Morgan fingerprint density at radius 3 is 2.69 bits per heavy atom. The molecule has 1 amide bonds. The summed E-state index contributed by atoms with van der Waals surface area (Å²) in [6.45, 7) is 2.86. The largest absolute Gasteiger partial charge is 0.547 e. The molecular formula is C18H21BINO8. The number of ether oxygens (including phenoxy) is 2. The minimum absolute atomic E-state index is 0.00903. The first kappa shape index (κ1) is 23.1. The number of para-hydroxylation sites is 1. The van der Waals surface area contributed by atoms with Crippen molar-refractivity contribution in [3.63, 3.8) is 0 Å². The number of amides is 1. The van der Waals surface area contributed by atoms with Crippen LogP contribution in [0, 0.1) is 0 Å². The molecule has 0 aromatic heterocycles. The summed E-state index contributed by atoms with van der Waals surface area (Å²) in [6, 6.07) is 4.80. The number of esters is 1. The second-order valence-corrected chi connectivity index (χ2v) is 7.45. The van der Waals surface area contributed by atoms with Crippen molar-refractivity contribution in [1.29, 1.82) is 0 Å². The van der Waals surface area contributed by atoms with E-state index in [1.54, 1.807) is 12.1 Å². The van der Waals surface area contributed by atoms with Crippen molar-refractivity contribution in [3.05, 3.63) is 29.3 Å². The van der Waals surface area contributed by atoms with Crippen LogP contribution in [0.15, 0.2) is 18.2 Å². The SMILES string of the molecule is CC(=O)CCCC(=O)N[C@H]1Cc2cccc(C(=O)OC(C)OC(=O)I)c2OB1O. The molecule has 0 saturated heterocycles. The highest BCUT2D eigenvalue weighted by Crippen LogP contribution is 2.31. The van der Waals surface area contributed by atoms with Gasteiger partial charge in [0.1, 0.15) is 17.1 Å². The number of carbonyl (C=O) groups excluding carboxylic acids is 4. The standard InChI is InChI=1S/C18H21BINO8/c1-10(22)5-3-8-15(23)21-14-9-12-6-4-7-13(16(12)29-19(14)26)17(24)27-11(2)28-18(20)25/h4,6-7,11,14,26H,3,5,8-9H2,1-2H3,(H,21,23)/t11?,14-/m0/s1. The number of benzene rings is 1. The Kier molecular flexibility index (Phi) is 8.44. The summed E-state index contributed by atoms with van der Waals surface area (Å²) in [4.78, 5) is 46.3. The molecule has 2 rings (SSSR count). The monoisotopic (exact) mass is 517 g/mol. The zero-order chi connectivity index (χ0) is 21.6. The van der Waals surface area contributed by atoms with Crippen molar-refractivity contribution in [3.8, 4) is 5.75 Å². The van der Waals surface area contributed by atoms with E-state index in [4.69, 9.17) is 14.1 Å².